The Bertz CT molecular complexity index is 514. The van der Waals surface area contributed by atoms with E-state index >= 15 is 0 Å². The van der Waals surface area contributed by atoms with Gasteiger partial charge >= 0.3 is 6.18 Å². The number of alkyl halides is 3. The van der Waals surface area contributed by atoms with Gasteiger partial charge in [0.25, 0.3) is 0 Å². The van der Waals surface area contributed by atoms with Crippen LogP contribution in [0.15, 0.2) is 17.8 Å². The summed E-state index contributed by atoms with van der Waals surface area (Å²) in [5.74, 6) is 0.112. The van der Waals surface area contributed by atoms with Gasteiger partial charge in [0.2, 0.25) is 0 Å². The molecule has 8 heteroatoms. The van der Waals surface area contributed by atoms with Gasteiger partial charge in [-0.1, -0.05) is 0 Å². The van der Waals surface area contributed by atoms with Gasteiger partial charge in [0, 0.05) is 25.3 Å². The Balaban J connectivity index is 0.00000122. The number of carbonyl (C=O) groups excluding carboxylic acids is 1. The first-order chi connectivity index (χ1) is 9.70. The SMILES string of the molecule is COC.COc1cc(C=O)cc(/C=C(\N)C(F)(F)F)c1N. The Hall–Kier alpha value is -2.22. The topological polar surface area (TPSA) is 87.6 Å². The van der Waals surface area contributed by atoms with Crippen molar-refractivity contribution < 1.29 is 27.4 Å². The molecule has 0 spiro atoms. The second-order valence-electron chi connectivity index (χ2n) is 3.85. The first-order valence-electron chi connectivity index (χ1n) is 5.58. The van der Waals surface area contributed by atoms with Crippen LogP contribution in [0.25, 0.3) is 6.08 Å². The van der Waals surface area contributed by atoms with Crippen LogP contribution in [-0.4, -0.2) is 33.8 Å². The fourth-order valence-corrected chi connectivity index (χ4v) is 1.28. The van der Waals surface area contributed by atoms with Crippen molar-refractivity contribution in [2.75, 3.05) is 27.1 Å². The van der Waals surface area contributed by atoms with Crippen LogP contribution in [0, 0.1) is 0 Å². The minimum atomic E-state index is -4.66. The molecule has 0 bridgehead atoms. The number of anilines is 1. The van der Waals surface area contributed by atoms with E-state index in [-0.39, 0.29) is 22.6 Å². The number of methoxy groups -OCH3 is 2. The van der Waals surface area contributed by atoms with Crippen molar-refractivity contribution in [2.24, 2.45) is 5.73 Å². The molecule has 0 fully saturated rings. The molecular weight excluding hydrogens is 289 g/mol. The Morgan fingerprint density at radius 1 is 1.24 bits per heavy atom. The van der Waals surface area contributed by atoms with E-state index in [1.807, 2.05) is 0 Å². The van der Waals surface area contributed by atoms with Crippen LogP contribution in [0.3, 0.4) is 0 Å². The van der Waals surface area contributed by atoms with Gasteiger partial charge in [-0.2, -0.15) is 13.2 Å². The molecule has 0 unspecified atom stereocenters. The minimum Gasteiger partial charge on any atom is -0.495 e. The van der Waals surface area contributed by atoms with E-state index in [1.54, 1.807) is 14.2 Å². The van der Waals surface area contributed by atoms with E-state index in [9.17, 15) is 18.0 Å². The lowest BCUT2D eigenvalue weighted by Crippen LogP contribution is -2.19. The molecule has 0 saturated carbocycles. The second kappa shape index (κ2) is 8.15. The number of ether oxygens (including phenoxy) is 2. The number of hydrogen-bond acceptors (Lipinski definition) is 5. The number of carbonyl (C=O) groups is 1. The first-order valence-corrected chi connectivity index (χ1v) is 5.58. The van der Waals surface area contributed by atoms with Crippen molar-refractivity contribution in [2.45, 2.75) is 6.18 Å². The number of nitrogen functional groups attached to an aromatic ring is 1. The van der Waals surface area contributed by atoms with Gasteiger partial charge in [0.1, 0.15) is 17.7 Å². The molecule has 1 rings (SSSR count). The van der Waals surface area contributed by atoms with E-state index in [1.165, 1.54) is 19.2 Å². The van der Waals surface area contributed by atoms with Crippen molar-refractivity contribution >= 4 is 18.0 Å². The Morgan fingerprint density at radius 2 is 1.76 bits per heavy atom. The fourth-order valence-electron chi connectivity index (χ4n) is 1.28. The predicted molar refractivity (Wildman–Crippen MR) is 73.9 cm³/mol. The largest absolute Gasteiger partial charge is 0.495 e. The molecule has 0 radical (unpaired) electrons. The van der Waals surface area contributed by atoms with E-state index in [0.717, 1.165) is 0 Å². The highest BCUT2D eigenvalue weighted by atomic mass is 19.4. The van der Waals surface area contributed by atoms with Crippen molar-refractivity contribution in [3.05, 3.63) is 29.0 Å². The van der Waals surface area contributed by atoms with Gasteiger partial charge in [0.05, 0.1) is 12.8 Å². The molecule has 118 valence electrons. The van der Waals surface area contributed by atoms with Crippen LogP contribution in [0.4, 0.5) is 18.9 Å². The molecule has 0 atom stereocenters. The Morgan fingerprint density at radius 3 is 2.14 bits per heavy atom. The van der Waals surface area contributed by atoms with Crippen LogP contribution < -0.4 is 16.2 Å². The molecule has 0 saturated heterocycles. The normalized spacial score (nSPS) is 11.4. The molecule has 4 N–H and O–H groups in total. The highest BCUT2D eigenvalue weighted by Gasteiger charge is 2.31. The van der Waals surface area contributed by atoms with Gasteiger partial charge in [-0.05, 0) is 18.2 Å². The van der Waals surface area contributed by atoms with Crippen LogP contribution in [0.5, 0.6) is 5.75 Å². The van der Waals surface area contributed by atoms with Crippen LogP contribution in [0.2, 0.25) is 0 Å². The second-order valence-corrected chi connectivity index (χ2v) is 3.85. The van der Waals surface area contributed by atoms with Crippen LogP contribution in [0.1, 0.15) is 15.9 Å². The summed E-state index contributed by atoms with van der Waals surface area (Å²) >= 11 is 0. The monoisotopic (exact) mass is 306 g/mol. The van der Waals surface area contributed by atoms with Crippen molar-refractivity contribution in [1.29, 1.82) is 0 Å². The van der Waals surface area contributed by atoms with Crippen molar-refractivity contribution in [1.82, 2.24) is 0 Å². The molecule has 0 amide bonds. The summed E-state index contributed by atoms with van der Waals surface area (Å²) < 4.78 is 46.0. The first kappa shape index (κ1) is 18.8. The molecule has 1 aromatic carbocycles. The number of allylic oxidation sites excluding steroid dienone is 1. The van der Waals surface area contributed by atoms with Gasteiger partial charge in [-0.3, -0.25) is 4.79 Å². The maximum absolute atomic E-state index is 12.3. The highest BCUT2D eigenvalue weighted by Crippen LogP contribution is 2.30. The number of benzene rings is 1. The molecular formula is C13H17F3N2O3. The summed E-state index contributed by atoms with van der Waals surface area (Å²) in [6.45, 7) is 0. The van der Waals surface area contributed by atoms with E-state index in [4.69, 9.17) is 16.2 Å². The smallest absolute Gasteiger partial charge is 0.430 e. The molecule has 0 heterocycles. The summed E-state index contributed by atoms with van der Waals surface area (Å²) in [5.41, 5.74) is 9.28. The predicted octanol–water partition coefficient (Wildman–Crippen LogP) is 2.21. The summed E-state index contributed by atoms with van der Waals surface area (Å²) in [6, 6.07) is 2.52. The van der Waals surface area contributed by atoms with Gasteiger partial charge in [-0.15, -0.1) is 0 Å². The van der Waals surface area contributed by atoms with Crippen LogP contribution >= 0.6 is 0 Å². The molecule has 0 aliphatic heterocycles. The Labute approximate surface area is 120 Å². The van der Waals surface area contributed by atoms with Crippen LogP contribution in [-0.2, 0) is 4.74 Å². The van der Waals surface area contributed by atoms with Crippen molar-refractivity contribution in [3.63, 3.8) is 0 Å². The lowest BCUT2D eigenvalue weighted by atomic mass is 10.1. The third-order valence-electron chi connectivity index (χ3n) is 2.19. The number of hydrogen-bond donors (Lipinski definition) is 2. The molecule has 0 aliphatic rings. The average molecular weight is 306 g/mol. The van der Waals surface area contributed by atoms with E-state index in [0.29, 0.717) is 12.4 Å². The molecule has 1 aromatic rings. The third-order valence-corrected chi connectivity index (χ3v) is 2.19. The zero-order valence-corrected chi connectivity index (χ0v) is 11.8. The van der Waals surface area contributed by atoms with Crippen molar-refractivity contribution in [3.8, 4) is 5.75 Å². The number of halogens is 3. The summed E-state index contributed by atoms with van der Waals surface area (Å²) in [4.78, 5) is 10.7. The fraction of sp³-hybridized carbons (Fsp3) is 0.308. The molecule has 0 aliphatic carbocycles. The van der Waals surface area contributed by atoms with Gasteiger partial charge in [-0.25, -0.2) is 0 Å². The quantitative estimate of drug-likeness (QED) is 0.660. The van der Waals surface area contributed by atoms with E-state index in [2.05, 4.69) is 4.74 Å². The zero-order chi connectivity index (χ0) is 16.6. The summed E-state index contributed by atoms with van der Waals surface area (Å²) in [7, 11) is 4.54. The zero-order valence-electron chi connectivity index (χ0n) is 11.8. The van der Waals surface area contributed by atoms with Gasteiger partial charge in [0.15, 0.2) is 0 Å². The number of aldehydes is 1. The highest BCUT2D eigenvalue weighted by molar-refractivity contribution is 5.82. The number of rotatable bonds is 3. The minimum absolute atomic E-state index is 0.0182. The van der Waals surface area contributed by atoms with Gasteiger partial charge < -0.3 is 20.9 Å². The summed E-state index contributed by atoms with van der Waals surface area (Å²) in [5, 5.41) is 0. The molecule has 0 aromatic heterocycles. The molecule has 21 heavy (non-hydrogen) atoms. The maximum Gasteiger partial charge on any atom is 0.430 e. The third kappa shape index (κ3) is 5.74. The lowest BCUT2D eigenvalue weighted by molar-refractivity contribution is -0.0916. The number of nitrogens with two attached hydrogens (primary N) is 2. The summed E-state index contributed by atoms with van der Waals surface area (Å²) in [6.07, 6.45) is -3.52. The maximum atomic E-state index is 12.3. The molecule has 5 nitrogen and oxygen atoms in total. The van der Waals surface area contributed by atoms with E-state index < -0.39 is 11.9 Å². The standard InChI is InChI=1S/C11H11F3N2O2.C2H6O/c1-18-8-3-6(5-17)2-7(10(8)16)4-9(15)11(12,13)14;1-3-2/h2-5H,15-16H2,1H3;1-2H3/b9-4-;. The Kier molecular flexibility index (Phi) is 7.29. The lowest BCUT2D eigenvalue weighted by Gasteiger charge is -2.11. The average Bonchev–Trinajstić information content (AvgIpc) is 2.40.